The topological polar surface area (TPSA) is 63.9 Å². The zero-order valence-corrected chi connectivity index (χ0v) is 12.4. The fourth-order valence-electron chi connectivity index (χ4n) is 3.00. The summed E-state index contributed by atoms with van der Waals surface area (Å²) in [5, 5.41) is 4.53. The van der Waals surface area contributed by atoms with E-state index in [-0.39, 0.29) is 5.56 Å². The molecule has 22 heavy (non-hydrogen) atoms. The van der Waals surface area contributed by atoms with Crippen LogP contribution >= 0.6 is 0 Å². The minimum absolute atomic E-state index is 0.0126. The first kappa shape index (κ1) is 13.6. The van der Waals surface area contributed by atoms with Crippen LogP contribution in [0.1, 0.15) is 30.1 Å². The number of hydrogen-bond acceptors (Lipinski definition) is 5. The van der Waals surface area contributed by atoms with Crippen LogP contribution in [0.25, 0.3) is 0 Å². The third kappa shape index (κ3) is 2.92. The van der Waals surface area contributed by atoms with Crippen LogP contribution in [-0.4, -0.2) is 37.7 Å². The van der Waals surface area contributed by atoms with E-state index in [1.165, 1.54) is 12.8 Å². The van der Waals surface area contributed by atoms with Crippen molar-refractivity contribution in [1.29, 1.82) is 0 Å². The van der Waals surface area contributed by atoms with Gasteiger partial charge in [0.1, 0.15) is 6.33 Å². The predicted octanol–water partition coefficient (Wildman–Crippen LogP) is 1.04. The van der Waals surface area contributed by atoms with Gasteiger partial charge >= 0.3 is 0 Å². The molecule has 3 heterocycles. The maximum Gasteiger partial charge on any atom is 0.266 e. The smallest absolute Gasteiger partial charge is 0.266 e. The molecule has 6 heteroatoms. The summed E-state index contributed by atoms with van der Waals surface area (Å²) in [5.41, 5.74) is 2.13. The van der Waals surface area contributed by atoms with Crippen molar-refractivity contribution in [3.05, 3.63) is 52.5 Å². The van der Waals surface area contributed by atoms with Crippen LogP contribution in [0.3, 0.4) is 0 Å². The van der Waals surface area contributed by atoms with Crippen molar-refractivity contribution in [3.8, 4) is 0 Å². The van der Waals surface area contributed by atoms with Gasteiger partial charge in [0.25, 0.3) is 5.56 Å². The second kappa shape index (κ2) is 5.61. The van der Waals surface area contributed by atoms with Crippen molar-refractivity contribution in [2.75, 3.05) is 13.1 Å². The highest BCUT2D eigenvalue weighted by Gasteiger charge is 2.29. The highest BCUT2D eigenvalue weighted by atomic mass is 16.1. The van der Waals surface area contributed by atoms with E-state index in [9.17, 15) is 4.79 Å². The molecule has 114 valence electrons. The lowest BCUT2D eigenvalue weighted by molar-refractivity contribution is 0.0752. The summed E-state index contributed by atoms with van der Waals surface area (Å²) >= 11 is 0. The van der Waals surface area contributed by atoms with Crippen molar-refractivity contribution in [2.24, 2.45) is 5.92 Å². The van der Waals surface area contributed by atoms with Gasteiger partial charge < -0.3 is 0 Å². The molecule has 1 saturated heterocycles. The number of hydrogen-bond donors (Lipinski definition) is 0. The molecule has 1 aliphatic carbocycles. The molecule has 6 nitrogen and oxygen atoms in total. The number of rotatable bonds is 5. The second-order valence-electron chi connectivity index (χ2n) is 6.31. The number of likely N-dealkylation sites (tertiary alicyclic amines) is 1. The lowest BCUT2D eigenvalue weighted by Crippen LogP contribution is -2.49. The zero-order valence-electron chi connectivity index (χ0n) is 12.4. The first-order valence-electron chi connectivity index (χ1n) is 7.83. The lowest BCUT2D eigenvalue weighted by Gasteiger charge is -2.39. The molecular weight excluding hydrogens is 278 g/mol. The van der Waals surface area contributed by atoms with Gasteiger partial charge in [-0.3, -0.25) is 9.69 Å². The third-order valence-electron chi connectivity index (χ3n) is 4.38. The quantitative estimate of drug-likeness (QED) is 0.825. The van der Waals surface area contributed by atoms with Crippen LogP contribution in [0.5, 0.6) is 0 Å². The molecule has 2 fully saturated rings. The normalized spacial score (nSPS) is 19.1. The Bertz CT molecular complexity index is 704. The fourth-order valence-corrected chi connectivity index (χ4v) is 3.00. The molecule has 2 aromatic rings. The molecule has 0 N–H and O–H groups in total. The van der Waals surface area contributed by atoms with E-state index in [0.717, 1.165) is 37.6 Å². The fraction of sp³-hybridized carbons (Fsp3) is 0.500. The molecule has 2 aliphatic rings. The summed E-state index contributed by atoms with van der Waals surface area (Å²) in [4.78, 5) is 22.4. The maximum absolute atomic E-state index is 11.9. The third-order valence-corrected chi connectivity index (χ3v) is 4.38. The van der Waals surface area contributed by atoms with Crippen LogP contribution in [0, 0.1) is 5.92 Å². The Morgan fingerprint density at radius 1 is 1.18 bits per heavy atom. The Labute approximate surface area is 128 Å². The Kier molecular flexibility index (Phi) is 3.46. The number of aromatic nitrogens is 4. The van der Waals surface area contributed by atoms with E-state index in [1.807, 2.05) is 12.1 Å². The van der Waals surface area contributed by atoms with Gasteiger partial charge in [0.2, 0.25) is 0 Å². The molecule has 0 atom stereocenters. The van der Waals surface area contributed by atoms with Crippen molar-refractivity contribution >= 4 is 0 Å². The zero-order chi connectivity index (χ0) is 14.9. The first-order chi connectivity index (χ1) is 10.8. The van der Waals surface area contributed by atoms with Crippen molar-refractivity contribution in [2.45, 2.75) is 31.8 Å². The van der Waals surface area contributed by atoms with Gasteiger partial charge in [-0.15, -0.1) is 0 Å². The van der Waals surface area contributed by atoms with E-state index >= 15 is 0 Å². The SMILES string of the molecule is O=c1ccc(C2CC2)nn1CC1CN(Cc2ccncn2)C1. The van der Waals surface area contributed by atoms with E-state index < -0.39 is 0 Å². The van der Waals surface area contributed by atoms with Crippen molar-refractivity contribution < 1.29 is 0 Å². The standard InChI is InChI=1S/C16H19N5O/c22-16-4-3-15(13-1-2-13)19-21(16)9-12-7-20(8-12)10-14-5-6-17-11-18-14/h3-6,11-13H,1-2,7-10H2. The van der Waals surface area contributed by atoms with Crippen LogP contribution in [-0.2, 0) is 13.1 Å². The van der Waals surface area contributed by atoms with E-state index in [4.69, 9.17) is 0 Å². The molecule has 1 aliphatic heterocycles. The molecule has 0 amide bonds. The van der Waals surface area contributed by atoms with Crippen LogP contribution in [0.15, 0.2) is 35.5 Å². The summed E-state index contributed by atoms with van der Waals surface area (Å²) in [7, 11) is 0. The second-order valence-corrected chi connectivity index (χ2v) is 6.31. The van der Waals surface area contributed by atoms with Gasteiger partial charge in [-0.25, -0.2) is 14.6 Å². The van der Waals surface area contributed by atoms with Gasteiger partial charge in [-0.2, -0.15) is 5.10 Å². The minimum Gasteiger partial charge on any atom is -0.297 e. The lowest BCUT2D eigenvalue weighted by atomic mass is 10.00. The van der Waals surface area contributed by atoms with Gasteiger partial charge in [0.05, 0.1) is 17.9 Å². The molecule has 1 saturated carbocycles. The monoisotopic (exact) mass is 297 g/mol. The molecule has 0 unspecified atom stereocenters. The first-order valence-corrected chi connectivity index (χ1v) is 7.83. The summed E-state index contributed by atoms with van der Waals surface area (Å²) in [6, 6.07) is 5.50. The Morgan fingerprint density at radius 3 is 2.77 bits per heavy atom. The maximum atomic E-state index is 11.9. The average Bonchev–Trinajstić information content (AvgIpc) is 3.33. The molecule has 0 spiro atoms. The van der Waals surface area contributed by atoms with Crippen LogP contribution in [0.4, 0.5) is 0 Å². The van der Waals surface area contributed by atoms with Crippen LogP contribution < -0.4 is 5.56 Å². The summed E-state index contributed by atoms with van der Waals surface area (Å²) in [6.07, 6.45) is 5.77. The Hall–Kier alpha value is -2.08. The summed E-state index contributed by atoms with van der Waals surface area (Å²) < 4.78 is 1.65. The molecule has 4 rings (SSSR count). The molecule has 2 aromatic heterocycles. The van der Waals surface area contributed by atoms with Gasteiger partial charge in [0, 0.05) is 43.7 Å². The minimum atomic E-state index is 0.0126. The predicted molar refractivity (Wildman–Crippen MR) is 81.3 cm³/mol. The van der Waals surface area contributed by atoms with Gasteiger partial charge in [0.15, 0.2) is 0 Å². The Morgan fingerprint density at radius 2 is 2.05 bits per heavy atom. The molecule has 0 radical (unpaired) electrons. The van der Waals surface area contributed by atoms with Crippen molar-refractivity contribution in [1.82, 2.24) is 24.6 Å². The molecular formula is C16H19N5O. The largest absolute Gasteiger partial charge is 0.297 e. The molecule has 0 bridgehead atoms. The summed E-state index contributed by atoms with van der Waals surface area (Å²) in [6.45, 7) is 3.56. The molecule has 0 aromatic carbocycles. The van der Waals surface area contributed by atoms with Crippen molar-refractivity contribution in [3.63, 3.8) is 0 Å². The average molecular weight is 297 g/mol. The Balaban J connectivity index is 1.34. The van der Waals surface area contributed by atoms with Gasteiger partial charge in [-0.05, 0) is 25.0 Å². The van der Waals surface area contributed by atoms with Gasteiger partial charge in [-0.1, -0.05) is 0 Å². The van der Waals surface area contributed by atoms with Crippen LogP contribution in [0.2, 0.25) is 0 Å². The summed E-state index contributed by atoms with van der Waals surface area (Å²) in [5.74, 6) is 1.09. The highest BCUT2D eigenvalue weighted by molar-refractivity contribution is 5.12. The number of nitrogens with zero attached hydrogens (tertiary/aromatic N) is 5. The van der Waals surface area contributed by atoms with E-state index in [0.29, 0.717) is 11.8 Å². The van der Waals surface area contributed by atoms with E-state index in [1.54, 1.807) is 23.3 Å². The highest BCUT2D eigenvalue weighted by Crippen LogP contribution is 2.38. The van der Waals surface area contributed by atoms with E-state index in [2.05, 4.69) is 20.0 Å².